The number of hydrogen-bond donors (Lipinski definition) is 0. The van der Waals surface area contributed by atoms with Crippen molar-refractivity contribution in [2.75, 3.05) is 0 Å². The Kier molecular flexibility index (Phi) is 4.82. The standard InChI is InChI=1S/C17H26Si/c1-8-16-10-9-11-17(12-16)18(13(2)3,14(4)5)15(6)7/h1,9-15H,2-7H3. The Morgan fingerprint density at radius 3 is 1.83 bits per heavy atom. The van der Waals surface area contributed by atoms with Crippen LogP contribution in [-0.2, 0) is 0 Å². The van der Waals surface area contributed by atoms with Gasteiger partial charge in [-0.3, -0.25) is 0 Å². The predicted octanol–water partition coefficient (Wildman–Crippen LogP) is 4.55. The van der Waals surface area contributed by atoms with Crippen LogP contribution in [0.3, 0.4) is 0 Å². The van der Waals surface area contributed by atoms with Crippen LogP contribution >= 0.6 is 0 Å². The van der Waals surface area contributed by atoms with Gasteiger partial charge in [0, 0.05) is 5.56 Å². The van der Waals surface area contributed by atoms with Gasteiger partial charge in [-0.2, -0.15) is 0 Å². The van der Waals surface area contributed by atoms with Gasteiger partial charge in [0.25, 0.3) is 0 Å². The van der Waals surface area contributed by atoms with E-state index in [1.165, 1.54) is 5.19 Å². The first-order chi connectivity index (χ1) is 8.37. The Morgan fingerprint density at radius 1 is 0.944 bits per heavy atom. The van der Waals surface area contributed by atoms with Crippen molar-refractivity contribution >= 4 is 13.3 Å². The van der Waals surface area contributed by atoms with E-state index in [-0.39, 0.29) is 0 Å². The first kappa shape index (κ1) is 15.1. The molecule has 0 radical (unpaired) electrons. The third kappa shape index (κ3) is 2.40. The van der Waals surface area contributed by atoms with E-state index < -0.39 is 8.07 Å². The quantitative estimate of drug-likeness (QED) is 0.549. The summed E-state index contributed by atoms with van der Waals surface area (Å²) < 4.78 is 0. The molecule has 0 unspecified atom stereocenters. The van der Waals surface area contributed by atoms with Crippen molar-refractivity contribution in [1.82, 2.24) is 0 Å². The Labute approximate surface area is 114 Å². The third-order valence-electron chi connectivity index (χ3n) is 4.40. The summed E-state index contributed by atoms with van der Waals surface area (Å²) in [6.07, 6.45) is 5.56. The van der Waals surface area contributed by atoms with E-state index in [0.29, 0.717) is 0 Å². The van der Waals surface area contributed by atoms with Gasteiger partial charge in [0.2, 0.25) is 0 Å². The molecule has 98 valence electrons. The SMILES string of the molecule is C#Cc1cccc([Si](C(C)C)(C(C)C)C(C)C)c1. The van der Waals surface area contributed by atoms with E-state index in [1.807, 2.05) is 6.07 Å². The van der Waals surface area contributed by atoms with Crippen molar-refractivity contribution in [2.45, 2.75) is 58.2 Å². The molecule has 18 heavy (non-hydrogen) atoms. The topological polar surface area (TPSA) is 0 Å². The Hall–Kier alpha value is -1.00. The molecule has 0 bridgehead atoms. The molecule has 1 heteroatoms. The molecule has 0 atom stereocenters. The van der Waals surface area contributed by atoms with Crippen LogP contribution in [0.2, 0.25) is 16.6 Å². The van der Waals surface area contributed by atoms with Crippen LogP contribution < -0.4 is 5.19 Å². The van der Waals surface area contributed by atoms with Gasteiger partial charge in [0.15, 0.2) is 0 Å². The zero-order chi connectivity index (χ0) is 13.9. The van der Waals surface area contributed by atoms with Crippen LogP contribution in [-0.4, -0.2) is 8.07 Å². The number of rotatable bonds is 4. The summed E-state index contributed by atoms with van der Waals surface area (Å²) in [6, 6.07) is 8.71. The maximum absolute atomic E-state index is 5.56. The molecule has 1 aromatic carbocycles. The summed E-state index contributed by atoms with van der Waals surface area (Å²) in [5.41, 5.74) is 3.20. The molecule has 0 aliphatic rings. The number of benzene rings is 1. The van der Waals surface area contributed by atoms with Crippen LogP contribution in [0.1, 0.15) is 47.1 Å². The van der Waals surface area contributed by atoms with E-state index in [0.717, 1.165) is 22.2 Å². The number of terminal acetylenes is 1. The zero-order valence-electron chi connectivity index (χ0n) is 12.6. The summed E-state index contributed by atoms with van der Waals surface area (Å²) in [5.74, 6) is 2.78. The van der Waals surface area contributed by atoms with Crippen LogP contribution in [0, 0.1) is 12.3 Å². The molecule has 0 amide bonds. The highest BCUT2D eigenvalue weighted by Gasteiger charge is 2.44. The number of hydrogen-bond acceptors (Lipinski definition) is 0. The summed E-state index contributed by atoms with van der Waals surface area (Å²) in [6.45, 7) is 14.3. The second-order valence-corrected chi connectivity index (χ2v) is 12.0. The Bertz CT molecular complexity index is 413. The Balaban J connectivity index is 3.47. The molecule has 0 spiro atoms. The van der Waals surface area contributed by atoms with Gasteiger partial charge in [-0.05, 0) is 28.8 Å². The van der Waals surface area contributed by atoms with E-state index in [1.54, 1.807) is 0 Å². The monoisotopic (exact) mass is 258 g/mol. The molecule has 0 saturated heterocycles. The van der Waals surface area contributed by atoms with Gasteiger partial charge in [0.1, 0.15) is 0 Å². The molecule has 0 fully saturated rings. The van der Waals surface area contributed by atoms with E-state index in [2.05, 4.69) is 65.7 Å². The van der Waals surface area contributed by atoms with Gasteiger partial charge in [-0.15, -0.1) is 6.42 Å². The second-order valence-electron chi connectivity index (χ2n) is 6.12. The first-order valence-electron chi connectivity index (χ1n) is 6.94. The minimum atomic E-state index is -1.55. The minimum absolute atomic E-state index is 0.727. The van der Waals surface area contributed by atoms with E-state index in [9.17, 15) is 0 Å². The van der Waals surface area contributed by atoms with Gasteiger partial charge >= 0.3 is 0 Å². The summed E-state index contributed by atoms with van der Waals surface area (Å²) in [7, 11) is -1.55. The maximum Gasteiger partial charge on any atom is 0.0943 e. The van der Waals surface area contributed by atoms with E-state index in [4.69, 9.17) is 6.42 Å². The molecule has 0 nitrogen and oxygen atoms in total. The minimum Gasteiger partial charge on any atom is -0.115 e. The lowest BCUT2D eigenvalue weighted by Gasteiger charge is -2.43. The second kappa shape index (κ2) is 5.76. The average molecular weight is 258 g/mol. The van der Waals surface area contributed by atoms with Crippen molar-refractivity contribution in [1.29, 1.82) is 0 Å². The lowest BCUT2D eigenvalue weighted by Crippen LogP contribution is -2.55. The Morgan fingerprint density at radius 2 is 1.44 bits per heavy atom. The zero-order valence-corrected chi connectivity index (χ0v) is 13.6. The van der Waals surface area contributed by atoms with Gasteiger partial charge < -0.3 is 0 Å². The highest BCUT2D eigenvalue weighted by molar-refractivity contribution is 6.95. The highest BCUT2D eigenvalue weighted by atomic mass is 28.3. The van der Waals surface area contributed by atoms with Gasteiger partial charge in [0.05, 0.1) is 8.07 Å². The molecule has 0 saturated carbocycles. The van der Waals surface area contributed by atoms with Crippen LogP contribution in [0.15, 0.2) is 24.3 Å². The van der Waals surface area contributed by atoms with Crippen LogP contribution in [0.4, 0.5) is 0 Å². The van der Waals surface area contributed by atoms with Crippen molar-refractivity contribution in [3.8, 4) is 12.3 Å². The third-order valence-corrected chi connectivity index (χ3v) is 11.4. The smallest absolute Gasteiger partial charge is 0.0943 e. The molecular formula is C17H26Si. The van der Waals surface area contributed by atoms with Crippen molar-refractivity contribution in [3.05, 3.63) is 29.8 Å². The first-order valence-corrected chi connectivity index (χ1v) is 9.17. The molecule has 0 heterocycles. The molecule has 0 aromatic heterocycles. The van der Waals surface area contributed by atoms with Gasteiger partial charge in [-0.25, -0.2) is 0 Å². The molecule has 0 aliphatic carbocycles. The molecule has 0 aliphatic heterocycles. The largest absolute Gasteiger partial charge is 0.115 e. The fraction of sp³-hybridized carbons (Fsp3) is 0.529. The summed E-state index contributed by atoms with van der Waals surface area (Å²) >= 11 is 0. The predicted molar refractivity (Wildman–Crippen MR) is 85.1 cm³/mol. The molecule has 0 N–H and O–H groups in total. The van der Waals surface area contributed by atoms with E-state index >= 15 is 0 Å². The normalized spacial score (nSPS) is 12.2. The summed E-state index contributed by atoms with van der Waals surface area (Å²) in [4.78, 5) is 0. The van der Waals surface area contributed by atoms with Gasteiger partial charge in [-0.1, -0.05) is 64.8 Å². The lowest BCUT2D eigenvalue weighted by atomic mass is 10.2. The van der Waals surface area contributed by atoms with Crippen molar-refractivity contribution in [3.63, 3.8) is 0 Å². The van der Waals surface area contributed by atoms with Crippen LogP contribution in [0.25, 0.3) is 0 Å². The maximum atomic E-state index is 5.56. The molecule has 1 rings (SSSR count). The average Bonchev–Trinajstić information content (AvgIpc) is 2.28. The fourth-order valence-electron chi connectivity index (χ4n) is 3.88. The molecule has 1 aromatic rings. The lowest BCUT2D eigenvalue weighted by molar-refractivity contribution is 0.835. The van der Waals surface area contributed by atoms with Crippen molar-refractivity contribution in [2.24, 2.45) is 0 Å². The summed E-state index contributed by atoms with van der Waals surface area (Å²) in [5, 5.41) is 1.53. The molecular weight excluding hydrogens is 232 g/mol. The fourth-order valence-corrected chi connectivity index (χ4v) is 10.7. The highest BCUT2D eigenvalue weighted by Crippen LogP contribution is 2.40. The van der Waals surface area contributed by atoms with Crippen LogP contribution in [0.5, 0.6) is 0 Å². The van der Waals surface area contributed by atoms with Crippen molar-refractivity contribution < 1.29 is 0 Å².